The van der Waals surface area contributed by atoms with Crippen LogP contribution in [0.15, 0.2) is 18.2 Å². The second-order valence-corrected chi connectivity index (χ2v) is 5.89. The van der Waals surface area contributed by atoms with Gasteiger partial charge >= 0.3 is 0 Å². The molecule has 3 heteroatoms. The molecular formula is C15H22ClNO. The fraction of sp³-hybridized carbons (Fsp3) is 0.533. The van der Waals surface area contributed by atoms with Gasteiger partial charge in [0.25, 0.3) is 0 Å². The molecule has 0 spiro atoms. The summed E-state index contributed by atoms with van der Waals surface area (Å²) in [5.74, 6) is 1.09. The molecule has 0 radical (unpaired) electrons. The molecular weight excluding hydrogens is 246 g/mol. The number of benzene rings is 1. The summed E-state index contributed by atoms with van der Waals surface area (Å²) >= 11 is 6.09. The summed E-state index contributed by atoms with van der Waals surface area (Å²) in [6.07, 6.45) is 0.852. The van der Waals surface area contributed by atoms with Gasteiger partial charge < -0.3 is 4.90 Å². The van der Waals surface area contributed by atoms with E-state index in [0.29, 0.717) is 22.4 Å². The Balaban J connectivity index is 3.11. The molecule has 0 saturated carbocycles. The fourth-order valence-corrected chi connectivity index (χ4v) is 2.28. The maximum absolute atomic E-state index is 11.2. The number of carbonyl (C=O) groups is 1. The molecule has 2 nitrogen and oxygen atoms in total. The van der Waals surface area contributed by atoms with Gasteiger partial charge in [0.05, 0.1) is 10.6 Å². The zero-order valence-corrected chi connectivity index (χ0v) is 12.4. The van der Waals surface area contributed by atoms with E-state index in [0.717, 1.165) is 25.1 Å². The van der Waals surface area contributed by atoms with Crippen LogP contribution in [0.4, 0.5) is 5.69 Å². The van der Waals surface area contributed by atoms with Gasteiger partial charge in [-0.15, -0.1) is 0 Å². The van der Waals surface area contributed by atoms with E-state index in [1.54, 1.807) is 6.07 Å². The third kappa shape index (κ3) is 4.02. The Morgan fingerprint density at radius 2 is 1.72 bits per heavy atom. The largest absolute Gasteiger partial charge is 0.370 e. The van der Waals surface area contributed by atoms with Crippen LogP contribution in [-0.4, -0.2) is 19.4 Å². The summed E-state index contributed by atoms with van der Waals surface area (Å²) in [4.78, 5) is 13.5. The Morgan fingerprint density at radius 1 is 1.17 bits per heavy atom. The standard InChI is InChI=1S/C15H22ClNO/c1-11(2)8-17(9-12(3)4)15-7-5-6-14(16)13(15)10-18/h5-7,10-12H,8-9H2,1-4H3. The van der Waals surface area contributed by atoms with E-state index in [9.17, 15) is 4.79 Å². The van der Waals surface area contributed by atoms with Gasteiger partial charge in [-0.1, -0.05) is 45.4 Å². The van der Waals surface area contributed by atoms with Crippen LogP contribution in [0.3, 0.4) is 0 Å². The lowest BCUT2D eigenvalue weighted by Gasteiger charge is -2.29. The molecule has 0 atom stereocenters. The van der Waals surface area contributed by atoms with Crippen molar-refractivity contribution in [3.8, 4) is 0 Å². The topological polar surface area (TPSA) is 20.3 Å². The van der Waals surface area contributed by atoms with Crippen molar-refractivity contribution in [3.63, 3.8) is 0 Å². The summed E-state index contributed by atoms with van der Waals surface area (Å²) in [7, 11) is 0. The summed E-state index contributed by atoms with van der Waals surface area (Å²) in [5, 5.41) is 0.528. The minimum atomic E-state index is 0.528. The molecule has 0 aliphatic heterocycles. The number of carbonyl (C=O) groups excluding carboxylic acids is 1. The first-order valence-corrected chi connectivity index (χ1v) is 6.82. The first-order valence-electron chi connectivity index (χ1n) is 6.44. The molecule has 0 bridgehead atoms. The van der Waals surface area contributed by atoms with Gasteiger partial charge in [-0.05, 0) is 24.0 Å². The molecule has 0 unspecified atom stereocenters. The third-order valence-corrected chi connectivity index (χ3v) is 2.99. The van der Waals surface area contributed by atoms with Crippen LogP contribution in [0.1, 0.15) is 38.1 Å². The Labute approximate surface area is 115 Å². The summed E-state index contributed by atoms with van der Waals surface area (Å²) in [6, 6.07) is 5.64. The smallest absolute Gasteiger partial charge is 0.153 e. The lowest BCUT2D eigenvalue weighted by Crippen LogP contribution is -2.32. The van der Waals surface area contributed by atoms with E-state index in [1.807, 2.05) is 12.1 Å². The van der Waals surface area contributed by atoms with Gasteiger partial charge in [0.15, 0.2) is 6.29 Å². The van der Waals surface area contributed by atoms with Crippen molar-refractivity contribution in [2.75, 3.05) is 18.0 Å². The number of rotatable bonds is 6. The van der Waals surface area contributed by atoms with Gasteiger partial charge in [0.2, 0.25) is 0 Å². The zero-order valence-electron chi connectivity index (χ0n) is 11.6. The highest BCUT2D eigenvalue weighted by Gasteiger charge is 2.15. The second-order valence-electron chi connectivity index (χ2n) is 5.48. The number of nitrogens with zero attached hydrogens (tertiary/aromatic N) is 1. The van der Waals surface area contributed by atoms with Crippen molar-refractivity contribution in [3.05, 3.63) is 28.8 Å². The van der Waals surface area contributed by atoms with Gasteiger partial charge in [0.1, 0.15) is 0 Å². The monoisotopic (exact) mass is 267 g/mol. The van der Waals surface area contributed by atoms with Gasteiger partial charge in [-0.3, -0.25) is 4.79 Å². The molecule has 0 fully saturated rings. The fourth-order valence-electron chi connectivity index (χ4n) is 2.07. The summed E-state index contributed by atoms with van der Waals surface area (Å²) in [5.41, 5.74) is 1.54. The zero-order chi connectivity index (χ0) is 13.7. The molecule has 18 heavy (non-hydrogen) atoms. The first kappa shape index (κ1) is 15.0. The molecule has 0 heterocycles. The predicted octanol–water partition coefficient (Wildman–Crippen LogP) is 4.27. The normalized spacial score (nSPS) is 11.1. The lowest BCUT2D eigenvalue weighted by atomic mass is 10.1. The Kier molecular flexibility index (Phi) is 5.67. The van der Waals surface area contributed by atoms with Gasteiger partial charge in [0, 0.05) is 18.8 Å². The summed E-state index contributed by atoms with van der Waals surface area (Å²) < 4.78 is 0. The Morgan fingerprint density at radius 3 is 2.17 bits per heavy atom. The first-order chi connectivity index (χ1) is 8.45. The van der Waals surface area contributed by atoms with Crippen LogP contribution in [0.2, 0.25) is 5.02 Å². The van der Waals surface area contributed by atoms with Crippen LogP contribution in [-0.2, 0) is 0 Å². The van der Waals surface area contributed by atoms with Crippen molar-refractivity contribution in [2.24, 2.45) is 11.8 Å². The summed E-state index contributed by atoms with van der Waals surface area (Å²) in [6.45, 7) is 10.6. The Bertz CT molecular complexity index is 391. The highest BCUT2D eigenvalue weighted by atomic mass is 35.5. The third-order valence-electron chi connectivity index (χ3n) is 2.66. The van der Waals surface area contributed by atoms with Crippen molar-refractivity contribution in [1.82, 2.24) is 0 Å². The second kappa shape index (κ2) is 6.79. The highest BCUT2D eigenvalue weighted by molar-refractivity contribution is 6.33. The predicted molar refractivity (Wildman–Crippen MR) is 78.7 cm³/mol. The molecule has 0 N–H and O–H groups in total. The molecule has 1 rings (SSSR count). The molecule has 0 saturated heterocycles. The average molecular weight is 268 g/mol. The molecule has 1 aromatic carbocycles. The van der Waals surface area contributed by atoms with Crippen molar-refractivity contribution < 1.29 is 4.79 Å². The molecule has 0 aliphatic rings. The number of aldehydes is 1. The van der Waals surface area contributed by atoms with Crippen molar-refractivity contribution >= 4 is 23.6 Å². The average Bonchev–Trinajstić information content (AvgIpc) is 2.26. The SMILES string of the molecule is CC(C)CN(CC(C)C)c1cccc(Cl)c1C=O. The quantitative estimate of drug-likeness (QED) is 0.718. The van der Waals surface area contributed by atoms with E-state index in [-0.39, 0.29) is 0 Å². The number of halogens is 1. The molecule has 100 valence electrons. The maximum Gasteiger partial charge on any atom is 0.153 e. The lowest BCUT2D eigenvalue weighted by molar-refractivity contribution is 0.112. The van der Waals surface area contributed by atoms with E-state index in [1.165, 1.54) is 0 Å². The minimum absolute atomic E-state index is 0.528. The minimum Gasteiger partial charge on any atom is -0.370 e. The number of hydrogen-bond donors (Lipinski definition) is 0. The molecule has 0 aromatic heterocycles. The molecule has 0 aliphatic carbocycles. The van der Waals surface area contributed by atoms with E-state index < -0.39 is 0 Å². The Hall–Kier alpha value is -1.02. The van der Waals surface area contributed by atoms with Gasteiger partial charge in [-0.2, -0.15) is 0 Å². The number of hydrogen-bond acceptors (Lipinski definition) is 2. The van der Waals surface area contributed by atoms with Crippen LogP contribution in [0.5, 0.6) is 0 Å². The molecule has 0 amide bonds. The van der Waals surface area contributed by atoms with Crippen LogP contribution < -0.4 is 4.90 Å². The van der Waals surface area contributed by atoms with E-state index >= 15 is 0 Å². The number of anilines is 1. The maximum atomic E-state index is 11.2. The van der Waals surface area contributed by atoms with Crippen molar-refractivity contribution in [2.45, 2.75) is 27.7 Å². The van der Waals surface area contributed by atoms with Crippen LogP contribution >= 0.6 is 11.6 Å². The van der Waals surface area contributed by atoms with Gasteiger partial charge in [-0.25, -0.2) is 0 Å². The van der Waals surface area contributed by atoms with Crippen LogP contribution in [0, 0.1) is 11.8 Å². The highest BCUT2D eigenvalue weighted by Crippen LogP contribution is 2.27. The van der Waals surface area contributed by atoms with Crippen LogP contribution in [0.25, 0.3) is 0 Å². The molecule has 1 aromatic rings. The van der Waals surface area contributed by atoms with E-state index in [4.69, 9.17) is 11.6 Å². The van der Waals surface area contributed by atoms with Crippen molar-refractivity contribution in [1.29, 1.82) is 0 Å². The van der Waals surface area contributed by atoms with E-state index in [2.05, 4.69) is 32.6 Å².